The minimum atomic E-state index is -1.92. The Hall–Kier alpha value is -3.15. The van der Waals surface area contributed by atoms with E-state index in [1.807, 2.05) is 54.5 Å². The smallest absolute Gasteiger partial charge is 0.222 e. The number of likely N-dealkylation sites (tertiary alicyclic amines) is 1. The van der Waals surface area contributed by atoms with Gasteiger partial charge in [-0.2, -0.15) is 0 Å². The number of benzene rings is 1. The maximum absolute atomic E-state index is 11.9. The van der Waals surface area contributed by atoms with Gasteiger partial charge in [0.25, 0.3) is 0 Å². The Morgan fingerprint density at radius 2 is 1.90 bits per heavy atom. The Balaban J connectivity index is 1.19. The molecule has 1 saturated carbocycles. The number of rotatable bonds is 7. The van der Waals surface area contributed by atoms with E-state index in [0.717, 1.165) is 41.5 Å². The van der Waals surface area contributed by atoms with E-state index in [2.05, 4.69) is 67.3 Å². The van der Waals surface area contributed by atoms with E-state index in [1.54, 1.807) is 0 Å². The fraction of sp³-hybridized carbons (Fsp3) is 0.516. The molecule has 3 heterocycles. The minimum absolute atomic E-state index is 0.103. The molecule has 2 aromatic heterocycles. The third kappa shape index (κ3) is 5.75. The van der Waals surface area contributed by atoms with Crippen molar-refractivity contribution in [3.63, 3.8) is 0 Å². The van der Waals surface area contributed by atoms with Gasteiger partial charge in [0, 0.05) is 55.0 Å². The van der Waals surface area contributed by atoms with Gasteiger partial charge in [0.2, 0.25) is 5.91 Å². The highest BCUT2D eigenvalue weighted by Crippen LogP contribution is 2.51. The van der Waals surface area contributed by atoms with Gasteiger partial charge >= 0.3 is 0 Å². The zero-order chi connectivity index (χ0) is 27.9. The quantitative estimate of drug-likeness (QED) is 0.264. The van der Waals surface area contributed by atoms with Gasteiger partial charge in [0.15, 0.2) is 14.1 Å². The van der Waals surface area contributed by atoms with Crippen molar-refractivity contribution in [2.75, 3.05) is 13.1 Å². The van der Waals surface area contributed by atoms with Gasteiger partial charge in [0.1, 0.15) is 17.6 Å². The number of aromatic nitrogens is 3. The lowest BCUT2D eigenvalue weighted by molar-refractivity contribution is -0.130. The Morgan fingerprint density at radius 3 is 2.54 bits per heavy atom. The first-order valence-electron chi connectivity index (χ1n) is 14.0. The van der Waals surface area contributed by atoms with Crippen LogP contribution in [0.15, 0.2) is 47.2 Å². The summed E-state index contributed by atoms with van der Waals surface area (Å²) in [6.45, 7) is 17.6. The van der Waals surface area contributed by atoms with Crippen LogP contribution in [0.3, 0.4) is 0 Å². The van der Waals surface area contributed by atoms with E-state index in [4.69, 9.17) is 8.95 Å². The molecule has 206 valence electrons. The summed E-state index contributed by atoms with van der Waals surface area (Å²) in [6, 6.07) is 10.1. The molecule has 1 amide bonds. The molecule has 39 heavy (non-hydrogen) atoms. The topological polar surface area (TPSA) is 73.4 Å². The summed E-state index contributed by atoms with van der Waals surface area (Å²) in [5.41, 5.74) is 2.80. The highest BCUT2D eigenvalue weighted by molar-refractivity contribution is 6.74. The number of carbonyl (C=O) groups excluding carboxylic acids is 1. The number of hydrogen-bond acceptors (Lipinski definition) is 5. The van der Waals surface area contributed by atoms with Gasteiger partial charge in [-0.05, 0) is 61.2 Å². The lowest BCUT2D eigenvalue weighted by Gasteiger charge is -2.38. The predicted molar refractivity (Wildman–Crippen MR) is 154 cm³/mol. The van der Waals surface area contributed by atoms with Crippen molar-refractivity contribution < 1.29 is 13.7 Å². The van der Waals surface area contributed by atoms with Gasteiger partial charge in [-0.25, -0.2) is 4.98 Å². The number of fused-ring (bicyclic) bond motifs is 1. The summed E-state index contributed by atoms with van der Waals surface area (Å²) in [5, 5.41) is 4.45. The maximum Gasteiger partial charge on any atom is 0.222 e. The maximum atomic E-state index is 11.9. The SMILES string of the molecule is CCC(=O)N1C[C@@H]2C(C#Cc3ccc(-c4cc(Cn5ccnc5[C@H](C)O[Si](C)(C)C(C)(C)C)no4)cc3)[C@@H]2C1. The number of carbonyl (C=O) groups is 1. The molecular formula is C31H40N4O3Si. The third-order valence-electron chi connectivity index (χ3n) is 8.68. The van der Waals surface area contributed by atoms with E-state index in [0.29, 0.717) is 30.7 Å². The summed E-state index contributed by atoms with van der Waals surface area (Å²) in [7, 11) is -1.92. The van der Waals surface area contributed by atoms with Crippen LogP contribution in [0.5, 0.6) is 0 Å². The molecule has 8 heteroatoms. The second-order valence-corrected chi connectivity index (χ2v) is 17.2. The molecular weight excluding hydrogens is 504 g/mol. The molecule has 1 aliphatic heterocycles. The van der Waals surface area contributed by atoms with Crippen LogP contribution in [0, 0.1) is 29.6 Å². The Labute approximate surface area is 233 Å². The van der Waals surface area contributed by atoms with Crippen molar-refractivity contribution in [3.05, 3.63) is 59.8 Å². The van der Waals surface area contributed by atoms with Crippen LogP contribution in [-0.2, 0) is 15.8 Å². The minimum Gasteiger partial charge on any atom is -0.407 e. The van der Waals surface area contributed by atoms with E-state index in [1.165, 1.54) is 0 Å². The van der Waals surface area contributed by atoms with E-state index >= 15 is 0 Å². The molecule has 2 fully saturated rings. The number of piperidine rings is 1. The van der Waals surface area contributed by atoms with Gasteiger partial charge in [-0.15, -0.1) is 0 Å². The van der Waals surface area contributed by atoms with E-state index in [9.17, 15) is 4.79 Å². The first-order chi connectivity index (χ1) is 18.5. The van der Waals surface area contributed by atoms with Crippen molar-refractivity contribution in [1.29, 1.82) is 0 Å². The molecule has 4 atom stereocenters. The predicted octanol–water partition coefficient (Wildman–Crippen LogP) is 6.14. The normalized spacial score (nSPS) is 21.3. The average molecular weight is 545 g/mol. The number of nitrogens with zero attached hydrogens (tertiary/aromatic N) is 4. The molecule has 1 aliphatic carbocycles. The Morgan fingerprint density at radius 1 is 1.21 bits per heavy atom. The highest BCUT2D eigenvalue weighted by atomic mass is 28.4. The van der Waals surface area contributed by atoms with E-state index < -0.39 is 8.32 Å². The zero-order valence-electron chi connectivity index (χ0n) is 24.2. The largest absolute Gasteiger partial charge is 0.407 e. The zero-order valence-corrected chi connectivity index (χ0v) is 25.2. The number of hydrogen-bond donors (Lipinski definition) is 0. The molecule has 0 radical (unpaired) electrons. The van der Waals surface area contributed by atoms with Crippen molar-refractivity contribution in [1.82, 2.24) is 19.6 Å². The second kappa shape index (κ2) is 10.4. The Bertz CT molecular complexity index is 1380. The molecule has 0 bridgehead atoms. The fourth-order valence-electron chi connectivity index (χ4n) is 5.23. The van der Waals surface area contributed by atoms with Crippen molar-refractivity contribution in [3.8, 4) is 23.2 Å². The van der Waals surface area contributed by atoms with E-state index in [-0.39, 0.29) is 17.0 Å². The Kier molecular flexibility index (Phi) is 7.34. The summed E-state index contributed by atoms with van der Waals surface area (Å²) in [4.78, 5) is 18.5. The van der Waals surface area contributed by atoms with Crippen LogP contribution in [0.25, 0.3) is 11.3 Å². The molecule has 0 spiro atoms. The van der Waals surface area contributed by atoms with Gasteiger partial charge in [-0.1, -0.05) is 44.7 Å². The van der Waals surface area contributed by atoms with Crippen LogP contribution in [0.4, 0.5) is 0 Å². The molecule has 7 nitrogen and oxygen atoms in total. The summed E-state index contributed by atoms with van der Waals surface area (Å²) in [6.07, 6.45) is 4.27. The molecule has 2 aliphatic rings. The monoisotopic (exact) mass is 544 g/mol. The van der Waals surface area contributed by atoms with Gasteiger partial charge in [0.05, 0.1) is 6.54 Å². The molecule has 1 unspecified atom stereocenters. The van der Waals surface area contributed by atoms with Gasteiger partial charge in [-0.3, -0.25) is 4.79 Å². The molecule has 5 rings (SSSR count). The van der Waals surface area contributed by atoms with Crippen LogP contribution >= 0.6 is 0 Å². The molecule has 3 aromatic rings. The first-order valence-corrected chi connectivity index (χ1v) is 16.9. The third-order valence-corrected chi connectivity index (χ3v) is 13.2. The van der Waals surface area contributed by atoms with Crippen molar-refractivity contribution >= 4 is 14.2 Å². The second-order valence-electron chi connectivity index (χ2n) is 12.5. The first kappa shape index (κ1) is 27.4. The number of imidazole rings is 1. The summed E-state index contributed by atoms with van der Waals surface area (Å²) in [5.74, 6) is 10.2. The molecule has 1 aromatic carbocycles. The van der Waals surface area contributed by atoms with Crippen LogP contribution in [0.1, 0.15) is 64.2 Å². The highest BCUT2D eigenvalue weighted by Gasteiger charge is 2.55. The lowest BCUT2D eigenvalue weighted by atomic mass is 10.1. The average Bonchev–Trinajstić information content (AvgIpc) is 3.38. The van der Waals surface area contributed by atoms with Gasteiger partial charge < -0.3 is 18.4 Å². The molecule has 0 N–H and O–H groups in total. The lowest BCUT2D eigenvalue weighted by Crippen LogP contribution is -2.41. The summed E-state index contributed by atoms with van der Waals surface area (Å²) < 4.78 is 14.3. The fourth-order valence-corrected chi connectivity index (χ4v) is 6.58. The molecule has 1 saturated heterocycles. The summed E-state index contributed by atoms with van der Waals surface area (Å²) >= 11 is 0. The standard InChI is InChI=1S/C31H40N4O3Si/c1-8-29(36)35-19-26-25(27(26)20-35)14-11-22-9-12-23(13-10-22)28-17-24(33-37-28)18-34-16-15-32-30(34)21(2)38-39(6,7)31(3,4)5/h9-10,12-13,15-17,21,25-27H,8,18-20H2,1-7H3/t21-,25?,26-,27+/m0/s1. The van der Waals surface area contributed by atoms with Crippen molar-refractivity contribution in [2.45, 2.75) is 71.8 Å². The van der Waals surface area contributed by atoms with Crippen LogP contribution in [0.2, 0.25) is 18.1 Å². The van der Waals surface area contributed by atoms with Crippen LogP contribution in [-0.4, -0.2) is 46.9 Å². The van der Waals surface area contributed by atoms with Crippen molar-refractivity contribution in [2.24, 2.45) is 17.8 Å². The van der Waals surface area contributed by atoms with Crippen LogP contribution < -0.4 is 0 Å². The number of amides is 1.